The number of nitrogens with one attached hydrogen (secondary N) is 2. The average molecular weight is 370 g/mol. The lowest BCUT2D eigenvalue weighted by Gasteiger charge is -2.23. The summed E-state index contributed by atoms with van der Waals surface area (Å²) in [6.07, 6.45) is 0. The number of carbonyl (C=O) groups excluding carboxylic acids is 2. The molecule has 0 heterocycles. The van der Waals surface area contributed by atoms with Crippen LogP contribution in [0.15, 0.2) is 22.7 Å². The number of amides is 2. The van der Waals surface area contributed by atoms with E-state index in [4.69, 9.17) is 0 Å². The van der Waals surface area contributed by atoms with Gasteiger partial charge in [0.25, 0.3) is 0 Å². The molecule has 0 aromatic heterocycles. The minimum atomic E-state index is -0.300. The summed E-state index contributed by atoms with van der Waals surface area (Å²) >= 11 is 3.46. The minimum Gasteiger partial charge on any atom is -0.375 e. The second kappa shape index (κ2) is 7.63. The van der Waals surface area contributed by atoms with E-state index in [9.17, 15) is 9.59 Å². The van der Waals surface area contributed by atoms with Crippen LogP contribution in [0.3, 0.4) is 0 Å². The second-order valence-electron chi connectivity index (χ2n) is 6.38. The molecule has 0 bridgehead atoms. The lowest BCUT2D eigenvalue weighted by atomic mass is 10.1. The van der Waals surface area contributed by atoms with Gasteiger partial charge in [-0.3, -0.25) is 9.59 Å². The molecule has 0 unspecified atom stereocenters. The summed E-state index contributed by atoms with van der Waals surface area (Å²) in [5.74, 6) is -0.309. The summed E-state index contributed by atoms with van der Waals surface area (Å²) in [5, 5.41) is 5.91. The van der Waals surface area contributed by atoms with Gasteiger partial charge < -0.3 is 15.5 Å². The first-order chi connectivity index (χ1) is 10.1. The maximum Gasteiger partial charge on any atom is 0.242 e. The van der Waals surface area contributed by atoms with Crippen molar-refractivity contribution in [3.63, 3.8) is 0 Å². The molecule has 0 atom stereocenters. The number of benzene rings is 1. The van der Waals surface area contributed by atoms with Crippen LogP contribution in [-0.2, 0) is 9.59 Å². The molecule has 2 amide bonds. The van der Waals surface area contributed by atoms with E-state index in [2.05, 4.69) is 26.6 Å². The molecular formula is C16H24BrN3O2. The van der Waals surface area contributed by atoms with Crippen molar-refractivity contribution in [2.24, 2.45) is 0 Å². The van der Waals surface area contributed by atoms with E-state index in [-0.39, 0.29) is 30.4 Å². The topological polar surface area (TPSA) is 61.4 Å². The molecule has 0 aliphatic carbocycles. The smallest absolute Gasteiger partial charge is 0.242 e. The quantitative estimate of drug-likeness (QED) is 0.838. The maximum absolute atomic E-state index is 12.1. The fourth-order valence-corrected chi connectivity index (χ4v) is 2.46. The van der Waals surface area contributed by atoms with Crippen LogP contribution in [0.1, 0.15) is 26.3 Å². The van der Waals surface area contributed by atoms with Crippen molar-refractivity contribution in [1.82, 2.24) is 10.2 Å². The van der Waals surface area contributed by atoms with Gasteiger partial charge in [0, 0.05) is 22.7 Å². The summed E-state index contributed by atoms with van der Waals surface area (Å²) in [7, 11) is 1.62. The van der Waals surface area contributed by atoms with Crippen LogP contribution in [0.4, 0.5) is 5.69 Å². The van der Waals surface area contributed by atoms with Crippen molar-refractivity contribution in [3.05, 3.63) is 28.2 Å². The standard InChI is InChI=1S/C16H24BrN3O2/c1-11-6-7-13(12(17)8-11)18-9-15(22)20(5)10-14(21)19-16(2,3)4/h6-8,18H,9-10H2,1-5H3,(H,19,21). The fraction of sp³-hybridized carbons (Fsp3) is 0.500. The Kier molecular flexibility index (Phi) is 6.41. The SMILES string of the molecule is Cc1ccc(NCC(=O)N(C)CC(=O)NC(C)(C)C)c(Br)c1. The number of hydrogen-bond acceptors (Lipinski definition) is 3. The largest absolute Gasteiger partial charge is 0.375 e. The Morgan fingerprint density at radius 1 is 1.27 bits per heavy atom. The van der Waals surface area contributed by atoms with Crippen molar-refractivity contribution in [3.8, 4) is 0 Å². The van der Waals surface area contributed by atoms with Gasteiger partial charge in [-0.15, -0.1) is 0 Å². The summed E-state index contributed by atoms with van der Waals surface area (Å²) in [5.41, 5.74) is 1.69. The van der Waals surface area contributed by atoms with E-state index in [0.717, 1.165) is 15.7 Å². The molecule has 2 N–H and O–H groups in total. The highest BCUT2D eigenvalue weighted by Crippen LogP contribution is 2.23. The third kappa shape index (κ3) is 6.47. The van der Waals surface area contributed by atoms with E-state index in [1.807, 2.05) is 45.9 Å². The number of likely N-dealkylation sites (N-methyl/N-ethyl adjacent to an activating group) is 1. The Bertz CT molecular complexity index is 553. The van der Waals surface area contributed by atoms with Crippen LogP contribution in [0, 0.1) is 6.92 Å². The molecule has 122 valence electrons. The van der Waals surface area contributed by atoms with E-state index in [0.29, 0.717) is 0 Å². The first-order valence-electron chi connectivity index (χ1n) is 7.13. The van der Waals surface area contributed by atoms with Gasteiger partial charge >= 0.3 is 0 Å². The predicted octanol–water partition coefficient (Wildman–Crippen LogP) is 2.54. The van der Waals surface area contributed by atoms with Crippen LogP contribution >= 0.6 is 15.9 Å². The first-order valence-corrected chi connectivity index (χ1v) is 7.93. The normalized spacial score (nSPS) is 11.0. The number of anilines is 1. The van der Waals surface area contributed by atoms with E-state index >= 15 is 0 Å². The number of hydrogen-bond donors (Lipinski definition) is 2. The van der Waals surface area contributed by atoms with Gasteiger partial charge in [0.15, 0.2) is 0 Å². The van der Waals surface area contributed by atoms with Gasteiger partial charge in [-0.05, 0) is 61.3 Å². The predicted molar refractivity (Wildman–Crippen MR) is 92.9 cm³/mol. The molecule has 0 spiro atoms. The molecule has 1 aromatic rings. The Morgan fingerprint density at radius 3 is 2.45 bits per heavy atom. The highest BCUT2D eigenvalue weighted by molar-refractivity contribution is 9.10. The Morgan fingerprint density at radius 2 is 1.91 bits per heavy atom. The number of carbonyl (C=O) groups is 2. The Hall–Kier alpha value is -1.56. The number of rotatable bonds is 5. The van der Waals surface area contributed by atoms with Gasteiger partial charge in [-0.1, -0.05) is 6.07 Å². The summed E-state index contributed by atoms with van der Waals surface area (Å²) < 4.78 is 0.911. The van der Waals surface area contributed by atoms with Crippen LogP contribution in [0.5, 0.6) is 0 Å². The number of aryl methyl sites for hydroxylation is 1. The van der Waals surface area contributed by atoms with Crippen molar-refractivity contribution >= 4 is 33.4 Å². The van der Waals surface area contributed by atoms with Crippen LogP contribution < -0.4 is 10.6 Å². The molecule has 0 saturated heterocycles. The number of halogens is 1. The van der Waals surface area contributed by atoms with E-state index in [1.54, 1.807) is 7.05 Å². The molecule has 0 saturated carbocycles. The molecule has 22 heavy (non-hydrogen) atoms. The average Bonchev–Trinajstić information content (AvgIpc) is 2.34. The van der Waals surface area contributed by atoms with Gasteiger partial charge in [0.2, 0.25) is 11.8 Å². The lowest BCUT2D eigenvalue weighted by molar-refractivity contribution is -0.133. The summed E-state index contributed by atoms with van der Waals surface area (Å²) in [6.45, 7) is 7.91. The zero-order chi connectivity index (χ0) is 16.9. The van der Waals surface area contributed by atoms with E-state index in [1.165, 1.54) is 4.90 Å². The first kappa shape index (κ1) is 18.5. The third-order valence-electron chi connectivity index (χ3n) is 2.88. The van der Waals surface area contributed by atoms with Gasteiger partial charge in [-0.25, -0.2) is 0 Å². The molecule has 0 fully saturated rings. The highest BCUT2D eigenvalue weighted by Gasteiger charge is 2.17. The van der Waals surface area contributed by atoms with Gasteiger partial charge in [0.05, 0.1) is 13.1 Å². The van der Waals surface area contributed by atoms with Gasteiger partial charge in [0.1, 0.15) is 0 Å². The van der Waals surface area contributed by atoms with Crippen LogP contribution in [-0.4, -0.2) is 42.4 Å². The van der Waals surface area contributed by atoms with Crippen LogP contribution in [0.2, 0.25) is 0 Å². The van der Waals surface area contributed by atoms with E-state index < -0.39 is 0 Å². The molecular weight excluding hydrogens is 346 g/mol. The summed E-state index contributed by atoms with van der Waals surface area (Å²) in [4.78, 5) is 25.3. The molecule has 5 nitrogen and oxygen atoms in total. The summed E-state index contributed by atoms with van der Waals surface area (Å²) in [6, 6.07) is 5.87. The molecule has 0 aliphatic heterocycles. The maximum atomic E-state index is 12.1. The molecule has 0 radical (unpaired) electrons. The van der Waals surface area contributed by atoms with Gasteiger partial charge in [-0.2, -0.15) is 0 Å². The zero-order valence-corrected chi connectivity index (χ0v) is 15.4. The van der Waals surface area contributed by atoms with Crippen molar-refractivity contribution in [2.45, 2.75) is 33.2 Å². The lowest BCUT2D eigenvalue weighted by Crippen LogP contribution is -2.47. The second-order valence-corrected chi connectivity index (χ2v) is 7.24. The van der Waals surface area contributed by atoms with Crippen LogP contribution in [0.25, 0.3) is 0 Å². The van der Waals surface area contributed by atoms with Crippen molar-refractivity contribution in [2.75, 3.05) is 25.5 Å². The monoisotopic (exact) mass is 369 g/mol. The van der Waals surface area contributed by atoms with Crippen molar-refractivity contribution in [1.29, 1.82) is 0 Å². The number of nitrogens with zero attached hydrogens (tertiary/aromatic N) is 1. The molecule has 0 aliphatic rings. The third-order valence-corrected chi connectivity index (χ3v) is 3.53. The highest BCUT2D eigenvalue weighted by atomic mass is 79.9. The Labute approximate surface area is 140 Å². The fourth-order valence-electron chi connectivity index (χ4n) is 1.83. The molecule has 6 heteroatoms. The molecule has 1 rings (SSSR count). The minimum absolute atomic E-state index is 0.0485. The van der Waals surface area contributed by atoms with Crippen molar-refractivity contribution < 1.29 is 9.59 Å². The molecule has 1 aromatic carbocycles. The zero-order valence-electron chi connectivity index (χ0n) is 13.8. The Balaban J connectivity index is 2.49.